The molecule has 1 atom stereocenters. The molecule has 2 aliphatic rings. The van der Waals surface area contributed by atoms with Crippen molar-refractivity contribution in [1.29, 1.82) is 0 Å². The van der Waals surface area contributed by atoms with Crippen molar-refractivity contribution in [3.8, 4) is 0 Å². The molecule has 1 N–H and O–H groups in total. The van der Waals surface area contributed by atoms with E-state index in [2.05, 4.69) is 0 Å². The summed E-state index contributed by atoms with van der Waals surface area (Å²) in [5.41, 5.74) is 1.73. The first-order valence-electron chi connectivity index (χ1n) is 6.99. The number of aliphatic hydroxyl groups is 1. The maximum absolute atomic E-state index is 12.3. The van der Waals surface area contributed by atoms with Crippen LogP contribution in [-0.4, -0.2) is 47.6 Å². The minimum absolute atomic E-state index is 0.0455. The van der Waals surface area contributed by atoms with Crippen molar-refractivity contribution in [3.05, 3.63) is 28.8 Å². The van der Waals surface area contributed by atoms with E-state index in [1.165, 1.54) is 0 Å². The van der Waals surface area contributed by atoms with Crippen molar-refractivity contribution in [3.63, 3.8) is 0 Å². The Balaban J connectivity index is 1.75. The fourth-order valence-corrected chi connectivity index (χ4v) is 3.04. The van der Waals surface area contributed by atoms with Crippen LogP contribution in [-0.2, 0) is 9.59 Å². The van der Waals surface area contributed by atoms with Crippen LogP contribution in [0.25, 0.3) is 0 Å². The van der Waals surface area contributed by atoms with Gasteiger partial charge in [-0.3, -0.25) is 9.59 Å². The highest BCUT2D eigenvalue weighted by Crippen LogP contribution is 2.31. The van der Waals surface area contributed by atoms with E-state index in [4.69, 9.17) is 11.6 Å². The minimum atomic E-state index is -0.419. The lowest BCUT2D eigenvalue weighted by atomic mass is 10.0. The Morgan fingerprint density at radius 2 is 2.05 bits per heavy atom. The molecule has 0 bridgehead atoms. The molecular formula is C15H17ClN2O3. The number of likely N-dealkylation sites (tertiary alicyclic amines) is 1. The summed E-state index contributed by atoms with van der Waals surface area (Å²) in [6.07, 6.45) is -0.200. The van der Waals surface area contributed by atoms with E-state index in [1.807, 2.05) is 13.0 Å². The third-order valence-electron chi connectivity index (χ3n) is 4.11. The third-order valence-corrected chi connectivity index (χ3v) is 4.35. The van der Waals surface area contributed by atoms with E-state index in [0.29, 0.717) is 24.7 Å². The Hall–Kier alpha value is -1.59. The Morgan fingerprint density at radius 3 is 2.71 bits per heavy atom. The average Bonchev–Trinajstić information content (AvgIpc) is 2.79. The quantitative estimate of drug-likeness (QED) is 0.893. The summed E-state index contributed by atoms with van der Waals surface area (Å²) >= 11 is 6.00. The van der Waals surface area contributed by atoms with Crippen molar-refractivity contribution >= 4 is 29.1 Å². The number of nitrogens with zero attached hydrogens (tertiary/aromatic N) is 2. The molecule has 3 rings (SSSR count). The third kappa shape index (κ3) is 2.63. The van der Waals surface area contributed by atoms with Crippen LogP contribution in [0.1, 0.15) is 12.0 Å². The van der Waals surface area contributed by atoms with Gasteiger partial charge in [-0.05, 0) is 24.6 Å². The molecule has 2 amide bonds. The van der Waals surface area contributed by atoms with Crippen LogP contribution >= 0.6 is 11.6 Å². The fraction of sp³-hybridized carbons (Fsp3) is 0.467. The highest BCUT2D eigenvalue weighted by atomic mass is 35.5. The lowest BCUT2D eigenvalue weighted by Gasteiger charge is -2.37. The summed E-state index contributed by atoms with van der Waals surface area (Å²) in [4.78, 5) is 27.7. The topological polar surface area (TPSA) is 60.9 Å². The van der Waals surface area contributed by atoms with Crippen molar-refractivity contribution in [2.45, 2.75) is 19.4 Å². The van der Waals surface area contributed by atoms with E-state index < -0.39 is 6.10 Å². The molecule has 0 aliphatic carbocycles. The molecule has 112 valence electrons. The van der Waals surface area contributed by atoms with E-state index in [0.717, 1.165) is 11.3 Å². The number of carbonyl (C=O) groups excluding carboxylic acids is 2. The number of aryl methyl sites for hydroxylation is 1. The van der Waals surface area contributed by atoms with E-state index in [-0.39, 0.29) is 24.2 Å². The summed E-state index contributed by atoms with van der Waals surface area (Å²) in [6.45, 7) is 3.05. The van der Waals surface area contributed by atoms with Gasteiger partial charge in [-0.15, -0.1) is 0 Å². The van der Waals surface area contributed by atoms with E-state index in [9.17, 15) is 14.7 Å². The SMILES string of the molecule is Cc1ccc(Cl)cc1N1CC(C(=O)N2CC(O)C2)CC1=O. The van der Waals surface area contributed by atoms with Gasteiger partial charge in [0.25, 0.3) is 0 Å². The van der Waals surface area contributed by atoms with Gasteiger partial charge in [-0.2, -0.15) is 0 Å². The summed E-state index contributed by atoms with van der Waals surface area (Å²) < 4.78 is 0. The van der Waals surface area contributed by atoms with Gasteiger partial charge in [0, 0.05) is 36.8 Å². The zero-order valence-electron chi connectivity index (χ0n) is 11.8. The monoisotopic (exact) mass is 308 g/mol. The van der Waals surface area contributed by atoms with Gasteiger partial charge in [0.05, 0.1) is 12.0 Å². The van der Waals surface area contributed by atoms with Gasteiger partial charge >= 0.3 is 0 Å². The zero-order valence-corrected chi connectivity index (χ0v) is 12.5. The molecule has 5 nitrogen and oxygen atoms in total. The van der Waals surface area contributed by atoms with Crippen molar-refractivity contribution in [2.75, 3.05) is 24.5 Å². The Bertz CT molecular complexity index is 599. The van der Waals surface area contributed by atoms with Gasteiger partial charge in [0.15, 0.2) is 0 Å². The predicted molar refractivity (Wildman–Crippen MR) is 79.2 cm³/mol. The number of halogens is 1. The molecule has 0 aromatic heterocycles. The number of amides is 2. The molecular weight excluding hydrogens is 292 g/mol. The zero-order chi connectivity index (χ0) is 15.1. The van der Waals surface area contributed by atoms with Crippen LogP contribution in [0.3, 0.4) is 0 Å². The first kappa shape index (κ1) is 14.4. The van der Waals surface area contributed by atoms with E-state index >= 15 is 0 Å². The summed E-state index contributed by atoms with van der Waals surface area (Å²) in [5.74, 6) is -0.431. The number of anilines is 1. The van der Waals surface area contributed by atoms with Gasteiger partial charge < -0.3 is 14.9 Å². The lowest BCUT2D eigenvalue weighted by molar-refractivity contribution is -0.145. The summed E-state index contributed by atoms with van der Waals surface area (Å²) in [5, 5.41) is 9.85. The molecule has 0 saturated carbocycles. The second-order valence-electron chi connectivity index (χ2n) is 5.73. The number of hydrogen-bond donors (Lipinski definition) is 1. The van der Waals surface area contributed by atoms with Crippen LogP contribution in [0.2, 0.25) is 5.02 Å². The molecule has 2 heterocycles. The molecule has 2 aliphatic heterocycles. The lowest BCUT2D eigenvalue weighted by Crippen LogP contribution is -2.55. The van der Waals surface area contributed by atoms with Gasteiger partial charge in [-0.25, -0.2) is 0 Å². The van der Waals surface area contributed by atoms with Crippen molar-refractivity contribution in [1.82, 2.24) is 4.90 Å². The molecule has 1 aromatic carbocycles. The molecule has 1 unspecified atom stereocenters. The smallest absolute Gasteiger partial charge is 0.228 e. The minimum Gasteiger partial charge on any atom is -0.389 e. The summed E-state index contributed by atoms with van der Waals surface area (Å²) in [7, 11) is 0. The van der Waals surface area contributed by atoms with Gasteiger partial charge in [-0.1, -0.05) is 17.7 Å². The molecule has 2 fully saturated rings. The molecule has 2 saturated heterocycles. The number of hydrogen-bond acceptors (Lipinski definition) is 3. The number of rotatable bonds is 2. The van der Waals surface area contributed by atoms with Gasteiger partial charge in [0.1, 0.15) is 0 Å². The second-order valence-corrected chi connectivity index (χ2v) is 6.17. The van der Waals surface area contributed by atoms with Crippen LogP contribution < -0.4 is 4.90 Å². The molecule has 21 heavy (non-hydrogen) atoms. The number of aliphatic hydroxyl groups excluding tert-OH is 1. The first-order chi connectivity index (χ1) is 9.95. The van der Waals surface area contributed by atoms with Gasteiger partial charge in [0.2, 0.25) is 11.8 Å². The Labute approximate surface area is 128 Å². The van der Waals surface area contributed by atoms with E-state index in [1.54, 1.807) is 21.9 Å². The average molecular weight is 309 g/mol. The number of β-amino-alcohol motifs (C(OH)–C–C–N with tert-alkyl or cyclic N) is 1. The Morgan fingerprint density at radius 1 is 1.33 bits per heavy atom. The second kappa shape index (κ2) is 5.31. The predicted octanol–water partition coefficient (Wildman–Crippen LogP) is 1.20. The highest BCUT2D eigenvalue weighted by Gasteiger charge is 2.40. The standard InChI is InChI=1S/C15H17ClN2O3/c1-9-2-3-11(16)5-13(9)18-6-10(4-14(18)20)15(21)17-7-12(19)8-17/h2-3,5,10,12,19H,4,6-8H2,1H3. The van der Waals surface area contributed by atoms with Crippen LogP contribution in [0.5, 0.6) is 0 Å². The summed E-state index contributed by atoms with van der Waals surface area (Å²) in [6, 6.07) is 5.41. The maximum atomic E-state index is 12.3. The van der Waals surface area contributed by atoms with Crippen LogP contribution in [0.15, 0.2) is 18.2 Å². The maximum Gasteiger partial charge on any atom is 0.228 e. The first-order valence-corrected chi connectivity index (χ1v) is 7.37. The molecule has 0 radical (unpaired) electrons. The van der Waals surface area contributed by atoms with Crippen molar-refractivity contribution in [2.24, 2.45) is 5.92 Å². The number of benzene rings is 1. The number of carbonyl (C=O) groups is 2. The molecule has 6 heteroatoms. The largest absolute Gasteiger partial charge is 0.389 e. The Kier molecular flexibility index (Phi) is 3.63. The normalized spacial score (nSPS) is 22.6. The molecule has 1 aromatic rings. The fourth-order valence-electron chi connectivity index (χ4n) is 2.87. The van der Waals surface area contributed by atoms with Crippen LogP contribution in [0, 0.1) is 12.8 Å². The van der Waals surface area contributed by atoms with Crippen LogP contribution in [0.4, 0.5) is 5.69 Å². The molecule has 0 spiro atoms. The van der Waals surface area contributed by atoms with Crippen molar-refractivity contribution < 1.29 is 14.7 Å². The highest BCUT2D eigenvalue weighted by molar-refractivity contribution is 6.31.